The summed E-state index contributed by atoms with van der Waals surface area (Å²) >= 11 is 12.7. The van der Waals surface area contributed by atoms with Gasteiger partial charge >= 0.3 is 0 Å². The molecule has 11 heteroatoms. The minimum Gasteiger partial charge on any atom is -0.497 e. The van der Waals surface area contributed by atoms with Crippen LogP contribution in [0.3, 0.4) is 0 Å². The maximum atomic E-state index is 14.4. The highest BCUT2D eigenvalue weighted by molar-refractivity contribution is 7.92. The van der Waals surface area contributed by atoms with Crippen molar-refractivity contribution >= 4 is 50.7 Å². The molecule has 4 rings (SSSR count). The maximum absolute atomic E-state index is 14.4. The molecule has 0 fully saturated rings. The second kappa shape index (κ2) is 15.1. The zero-order chi connectivity index (χ0) is 31.7. The zero-order valence-corrected chi connectivity index (χ0v) is 26.6. The Morgan fingerprint density at radius 1 is 0.886 bits per heavy atom. The molecular weight excluding hydrogens is 621 g/mol. The van der Waals surface area contributed by atoms with E-state index in [0.717, 1.165) is 9.87 Å². The van der Waals surface area contributed by atoms with Gasteiger partial charge in [0.2, 0.25) is 11.8 Å². The summed E-state index contributed by atoms with van der Waals surface area (Å²) in [6, 6.07) is 27.4. The van der Waals surface area contributed by atoms with Gasteiger partial charge in [0.25, 0.3) is 10.0 Å². The molecule has 0 heterocycles. The molecule has 8 nitrogen and oxygen atoms in total. The summed E-state index contributed by atoms with van der Waals surface area (Å²) in [7, 11) is -2.70. The highest BCUT2D eigenvalue weighted by atomic mass is 35.5. The van der Waals surface area contributed by atoms with Crippen LogP contribution >= 0.6 is 23.2 Å². The first-order valence-corrected chi connectivity index (χ1v) is 16.1. The molecule has 4 aromatic carbocycles. The standard InChI is InChI=1S/C33H33Cl2N3O5S/c1-3-36-33(40)31(20-24-10-6-4-7-11-24)37(22-25-14-15-26(34)21-30(25)35)32(39)23-38(27-16-18-28(43-2)19-17-27)44(41,42)29-12-8-5-9-13-29/h4-19,21,31H,3,20,22-23H2,1-2H3,(H,36,40). The first-order chi connectivity index (χ1) is 21.1. The molecule has 0 saturated carbocycles. The molecule has 0 saturated heterocycles. The highest BCUT2D eigenvalue weighted by Gasteiger charge is 2.34. The topological polar surface area (TPSA) is 96.0 Å². The van der Waals surface area contributed by atoms with Gasteiger partial charge in [-0.25, -0.2) is 8.42 Å². The number of anilines is 1. The van der Waals surface area contributed by atoms with Crippen LogP contribution in [0.1, 0.15) is 18.1 Å². The largest absolute Gasteiger partial charge is 0.497 e. The summed E-state index contributed by atoms with van der Waals surface area (Å²) in [5.74, 6) is -0.453. The van der Waals surface area contributed by atoms with E-state index < -0.39 is 28.5 Å². The van der Waals surface area contributed by atoms with Gasteiger partial charge in [0, 0.05) is 29.6 Å². The van der Waals surface area contributed by atoms with Gasteiger partial charge in [-0.3, -0.25) is 13.9 Å². The van der Waals surface area contributed by atoms with Gasteiger partial charge in [-0.05, 0) is 66.6 Å². The molecule has 0 aliphatic rings. The molecule has 1 atom stereocenters. The fourth-order valence-corrected chi connectivity index (χ4v) is 6.58. The molecular formula is C33H33Cl2N3O5S. The normalized spacial score (nSPS) is 11.8. The summed E-state index contributed by atoms with van der Waals surface area (Å²) < 4.78 is 34.3. The summed E-state index contributed by atoms with van der Waals surface area (Å²) in [6.45, 7) is 1.48. The van der Waals surface area contributed by atoms with E-state index in [1.165, 1.54) is 24.1 Å². The van der Waals surface area contributed by atoms with Crippen LogP contribution in [0.25, 0.3) is 0 Å². The van der Waals surface area contributed by atoms with Gasteiger partial charge in [0.1, 0.15) is 18.3 Å². The number of ether oxygens (including phenoxy) is 1. The van der Waals surface area contributed by atoms with Crippen molar-refractivity contribution in [3.63, 3.8) is 0 Å². The number of benzene rings is 4. The second-order valence-electron chi connectivity index (χ2n) is 9.88. The number of rotatable bonds is 13. The van der Waals surface area contributed by atoms with Crippen LogP contribution in [0.4, 0.5) is 5.69 Å². The lowest BCUT2D eigenvalue weighted by Crippen LogP contribution is -2.53. The Bertz CT molecular complexity index is 1670. The Balaban J connectivity index is 1.81. The zero-order valence-electron chi connectivity index (χ0n) is 24.3. The second-order valence-corrected chi connectivity index (χ2v) is 12.6. The fourth-order valence-electron chi connectivity index (χ4n) is 4.68. The van der Waals surface area contributed by atoms with Crippen LogP contribution < -0.4 is 14.4 Å². The van der Waals surface area contributed by atoms with Crippen molar-refractivity contribution < 1.29 is 22.7 Å². The molecule has 44 heavy (non-hydrogen) atoms. The van der Waals surface area contributed by atoms with Crippen LogP contribution in [0.15, 0.2) is 108 Å². The molecule has 0 radical (unpaired) electrons. The van der Waals surface area contributed by atoms with Gasteiger partial charge in [0.15, 0.2) is 0 Å². The molecule has 1 N–H and O–H groups in total. The van der Waals surface area contributed by atoms with Gasteiger partial charge in [-0.2, -0.15) is 0 Å². The van der Waals surface area contributed by atoms with Crippen LogP contribution in [-0.4, -0.2) is 51.4 Å². The number of carbonyl (C=O) groups is 2. The third kappa shape index (κ3) is 8.11. The number of methoxy groups -OCH3 is 1. The van der Waals surface area contributed by atoms with Crippen molar-refractivity contribution in [2.45, 2.75) is 30.8 Å². The number of carbonyl (C=O) groups excluding carboxylic acids is 2. The van der Waals surface area contributed by atoms with E-state index in [1.54, 1.807) is 67.6 Å². The van der Waals surface area contributed by atoms with Crippen LogP contribution in [0, 0.1) is 0 Å². The lowest BCUT2D eigenvalue weighted by atomic mass is 10.0. The number of nitrogens with zero attached hydrogens (tertiary/aromatic N) is 2. The molecule has 4 aromatic rings. The molecule has 0 aromatic heterocycles. The third-order valence-electron chi connectivity index (χ3n) is 6.95. The third-order valence-corrected chi connectivity index (χ3v) is 9.32. The number of sulfonamides is 1. The summed E-state index contributed by atoms with van der Waals surface area (Å²) in [5.41, 5.74) is 1.63. The number of hydrogen-bond donors (Lipinski definition) is 1. The van der Waals surface area contributed by atoms with E-state index in [1.807, 2.05) is 30.3 Å². The van der Waals surface area contributed by atoms with E-state index in [2.05, 4.69) is 5.32 Å². The number of nitrogens with one attached hydrogen (secondary N) is 1. The van der Waals surface area contributed by atoms with Gasteiger partial charge in [0.05, 0.1) is 17.7 Å². The molecule has 0 bridgehead atoms. The fraction of sp³-hybridized carbons (Fsp3) is 0.212. The number of amides is 2. The minimum absolute atomic E-state index is 0.0143. The van der Waals surface area contributed by atoms with E-state index in [9.17, 15) is 18.0 Å². The van der Waals surface area contributed by atoms with E-state index >= 15 is 0 Å². The molecule has 0 aliphatic carbocycles. The quantitative estimate of drug-likeness (QED) is 0.192. The van der Waals surface area contributed by atoms with E-state index in [4.69, 9.17) is 27.9 Å². The molecule has 0 spiro atoms. The predicted molar refractivity (Wildman–Crippen MR) is 174 cm³/mol. The first-order valence-electron chi connectivity index (χ1n) is 13.9. The summed E-state index contributed by atoms with van der Waals surface area (Å²) in [6.07, 6.45) is 0.192. The van der Waals surface area contributed by atoms with E-state index in [0.29, 0.717) is 27.9 Å². The molecule has 0 aliphatic heterocycles. The Hall–Kier alpha value is -4.05. The smallest absolute Gasteiger partial charge is 0.264 e. The van der Waals surface area contributed by atoms with Crippen molar-refractivity contribution in [2.24, 2.45) is 0 Å². The van der Waals surface area contributed by atoms with Crippen molar-refractivity contribution in [3.05, 3.63) is 124 Å². The van der Waals surface area contributed by atoms with Crippen molar-refractivity contribution in [1.29, 1.82) is 0 Å². The predicted octanol–water partition coefficient (Wildman–Crippen LogP) is 5.97. The Morgan fingerprint density at radius 2 is 1.52 bits per heavy atom. The molecule has 2 amide bonds. The lowest BCUT2D eigenvalue weighted by Gasteiger charge is -2.34. The monoisotopic (exact) mass is 653 g/mol. The van der Waals surface area contributed by atoms with Gasteiger partial charge in [-0.15, -0.1) is 0 Å². The van der Waals surface area contributed by atoms with Gasteiger partial charge < -0.3 is 15.0 Å². The Morgan fingerprint density at radius 3 is 2.11 bits per heavy atom. The minimum atomic E-state index is -4.20. The number of hydrogen-bond acceptors (Lipinski definition) is 5. The average Bonchev–Trinajstić information content (AvgIpc) is 3.03. The Kier molecular flexibility index (Phi) is 11.3. The van der Waals surface area contributed by atoms with Crippen LogP contribution in [-0.2, 0) is 32.6 Å². The average molecular weight is 655 g/mol. The summed E-state index contributed by atoms with van der Waals surface area (Å²) in [5, 5.41) is 3.56. The Labute approximate surface area is 268 Å². The van der Waals surface area contributed by atoms with Gasteiger partial charge in [-0.1, -0.05) is 77.8 Å². The maximum Gasteiger partial charge on any atom is 0.264 e. The number of halogens is 2. The first kappa shape index (κ1) is 32.9. The molecule has 230 valence electrons. The van der Waals surface area contributed by atoms with Crippen molar-refractivity contribution in [1.82, 2.24) is 10.2 Å². The molecule has 1 unspecified atom stereocenters. The van der Waals surface area contributed by atoms with Crippen molar-refractivity contribution in [3.8, 4) is 5.75 Å². The van der Waals surface area contributed by atoms with E-state index in [-0.39, 0.29) is 29.5 Å². The highest BCUT2D eigenvalue weighted by Crippen LogP contribution is 2.28. The van der Waals surface area contributed by atoms with Crippen LogP contribution in [0.5, 0.6) is 5.75 Å². The lowest BCUT2D eigenvalue weighted by molar-refractivity contribution is -0.140. The summed E-state index contributed by atoms with van der Waals surface area (Å²) in [4.78, 5) is 29.4. The number of likely N-dealkylation sites (N-methyl/N-ethyl adjacent to an activating group) is 1. The van der Waals surface area contributed by atoms with Crippen molar-refractivity contribution in [2.75, 3.05) is 24.5 Å². The SMILES string of the molecule is CCNC(=O)C(Cc1ccccc1)N(Cc1ccc(Cl)cc1Cl)C(=O)CN(c1ccc(OC)cc1)S(=O)(=O)c1ccccc1. The van der Waals surface area contributed by atoms with Crippen LogP contribution in [0.2, 0.25) is 10.0 Å².